The molecular weight excluding hydrogens is 336 g/mol. The summed E-state index contributed by atoms with van der Waals surface area (Å²) in [4.78, 5) is 6.80. The highest BCUT2D eigenvalue weighted by Gasteiger charge is 2.39. The van der Waals surface area contributed by atoms with E-state index in [0.717, 1.165) is 47.2 Å². The Bertz CT molecular complexity index is 904. The molecule has 0 aliphatic carbocycles. The van der Waals surface area contributed by atoms with Crippen LogP contribution in [0.2, 0.25) is 5.02 Å². The molecule has 3 aromatic rings. The lowest BCUT2D eigenvalue weighted by Gasteiger charge is -2.34. The van der Waals surface area contributed by atoms with Crippen molar-refractivity contribution in [3.8, 4) is 17.2 Å². The van der Waals surface area contributed by atoms with Gasteiger partial charge in [0.05, 0.1) is 7.11 Å². The van der Waals surface area contributed by atoms with Crippen molar-refractivity contribution < 1.29 is 9.15 Å². The van der Waals surface area contributed by atoms with Crippen LogP contribution in [-0.2, 0) is 5.54 Å². The largest absolute Gasteiger partial charge is 0.480 e. The molecule has 0 radical (unpaired) electrons. The van der Waals surface area contributed by atoms with E-state index in [2.05, 4.69) is 23.9 Å². The van der Waals surface area contributed by atoms with Gasteiger partial charge in [-0.1, -0.05) is 29.8 Å². The van der Waals surface area contributed by atoms with E-state index in [1.165, 1.54) is 0 Å². The molecule has 1 aromatic carbocycles. The lowest BCUT2D eigenvalue weighted by Crippen LogP contribution is -2.36. The van der Waals surface area contributed by atoms with E-state index in [1.807, 2.05) is 36.5 Å². The van der Waals surface area contributed by atoms with Gasteiger partial charge in [0.1, 0.15) is 16.4 Å². The minimum atomic E-state index is -0.128. The smallest absolute Gasteiger partial charge is 0.233 e. The van der Waals surface area contributed by atoms with Gasteiger partial charge in [0.2, 0.25) is 5.88 Å². The molecule has 1 atom stereocenters. The molecule has 4 rings (SSSR count). The molecule has 3 heterocycles. The average Bonchev–Trinajstić information content (AvgIpc) is 3.18. The molecule has 1 aliphatic rings. The number of rotatable bonds is 3. The van der Waals surface area contributed by atoms with Crippen molar-refractivity contribution in [3.63, 3.8) is 0 Å². The van der Waals surface area contributed by atoms with Gasteiger partial charge in [-0.25, -0.2) is 4.98 Å². The number of furan rings is 1. The number of methoxy groups -OCH3 is 1. The number of nitrogens with zero attached hydrogens (tertiary/aromatic N) is 2. The molecule has 0 saturated carbocycles. The number of para-hydroxylation sites is 1. The topological polar surface area (TPSA) is 38.5 Å². The minimum absolute atomic E-state index is 0.128. The molecule has 130 valence electrons. The number of pyridine rings is 1. The molecule has 0 amide bonds. The number of likely N-dealkylation sites (tertiary alicyclic amines) is 1. The standard InChI is InChI=1S/C20H21ClN2O2/c1-20(9-6-10-23(20)2)14-12-22-19(24-3)18(21)17(14)16-11-13-7-4-5-8-15(13)25-16/h4-5,7-8,11-12H,6,9-10H2,1-3H3/t20-/m0/s1. The van der Waals surface area contributed by atoms with Gasteiger partial charge < -0.3 is 9.15 Å². The van der Waals surface area contributed by atoms with E-state index in [1.54, 1.807) is 7.11 Å². The van der Waals surface area contributed by atoms with E-state index in [-0.39, 0.29) is 5.54 Å². The summed E-state index contributed by atoms with van der Waals surface area (Å²) >= 11 is 6.70. The SMILES string of the molecule is COc1ncc([C@]2(C)CCCN2C)c(-c2cc3ccccc3o2)c1Cl. The molecule has 1 fully saturated rings. The number of hydrogen-bond acceptors (Lipinski definition) is 4. The maximum atomic E-state index is 6.70. The summed E-state index contributed by atoms with van der Waals surface area (Å²) in [5.41, 5.74) is 2.68. The van der Waals surface area contributed by atoms with E-state index >= 15 is 0 Å². The zero-order valence-electron chi connectivity index (χ0n) is 14.7. The molecule has 0 spiro atoms. The fourth-order valence-corrected chi connectivity index (χ4v) is 4.13. The number of aromatic nitrogens is 1. The van der Waals surface area contributed by atoms with Crippen LogP contribution in [0.1, 0.15) is 25.3 Å². The molecule has 25 heavy (non-hydrogen) atoms. The molecule has 1 saturated heterocycles. The first-order valence-electron chi connectivity index (χ1n) is 8.48. The van der Waals surface area contributed by atoms with Crippen molar-refractivity contribution in [2.45, 2.75) is 25.3 Å². The lowest BCUT2D eigenvalue weighted by atomic mass is 9.86. The Morgan fingerprint density at radius 1 is 1.32 bits per heavy atom. The van der Waals surface area contributed by atoms with Crippen LogP contribution >= 0.6 is 11.6 Å². The van der Waals surface area contributed by atoms with Gasteiger partial charge >= 0.3 is 0 Å². The van der Waals surface area contributed by atoms with Crippen LogP contribution in [-0.4, -0.2) is 30.6 Å². The Morgan fingerprint density at radius 3 is 2.80 bits per heavy atom. The monoisotopic (exact) mass is 356 g/mol. The zero-order chi connectivity index (χ0) is 17.6. The number of halogens is 1. The van der Waals surface area contributed by atoms with Crippen LogP contribution in [0, 0.1) is 0 Å². The van der Waals surface area contributed by atoms with Crippen LogP contribution in [0.5, 0.6) is 5.88 Å². The Morgan fingerprint density at radius 2 is 2.12 bits per heavy atom. The van der Waals surface area contributed by atoms with Crippen molar-refractivity contribution in [3.05, 3.63) is 47.1 Å². The minimum Gasteiger partial charge on any atom is -0.480 e. The molecule has 4 nitrogen and oxygen atoms in total. The summed E-state index contributed by atoms with van der Waals surface area (Å²) in [6.07, 6.45) is 4.09. The molecule has 0 unspecified atom stereocenters. The van der Waals surface area contributed by atoms with E-state index in [0.29, 0.717) is 10.9 Å². The van der Waals surface area contributed by atoms with Crippen molar-refractivity contribution >= 4 is 22.6 Å². The Balaban J connectivity index is 1.98. The fraction of sp³-hybridized carbons (Fsp3) is 0.350. The molecule has 2 aromatic heterocycles. The van der Waals surface area contributed by atoms with Crippen LogP contribution in [0.4, 0.5) is 0 Å². The summed E-state index contributed by atoms with van der Waals surface area (Å²) in [6.45, 7) is 3.30. The highest BCUT2D eigenvalue weighted by atomic mass is 35.5. The van der Waals surface area contributed by atoms with Gasteiger partial charge in [0.15, 0.2) is 0 Å². The van der Waals surface area contributed by atoms with Gasteiger partial charge in [0, 0.05) is 28.2 Å². The Kier molecular flexibility index (Phi) is 3.97. The summed E-state index contributed by atoms with van der Waals surface area (Å²) in [5.74, 6) is 1.17. The molecule has 5 heteroatoms. The number of ether oxygens (including phenoxy) is 1. The fourth-order valence-electron chi connectivity index (χ4n) is 3.80. The van der Waals surface area contributed by atoms with Gasteiger partial charge in [-0.2, -0.15) is 0 Å². The quantitative estimate of drug-likeness (QED) is 0.654. The third-order valence-corrected chi connectivity index (χ3v) is 5.78. The van der Waals surface area contributed by atoms with Gasteiger partial charge in [-0.05, 0) is 45.5 Å². The molecule has 1 aliphatic heterocycles. The zero-order valence-corrected chi connectivity index (χ0v) is 15.4. The maximum Gasteiger partial charge on any atom is 0.233 e. The van der Waals surface area contributed by atoms with E-state index in [9.17, 15) is 0 Å². The number of fused-ring (bicyclic) bond motifs is 1. The highest BCUT2D eigenvalue weighted by molar-refractivity contribution is 6.34. The average molecular weight is 357 g/mol. The van der Waals surface area contributed by atoms with Gasteiger partial charge in [-0.3, -0.25) is 4.90 Å². The first kappa shape index (κ1) is 16.4. The second-order valence-electron chi connectivity index (χ2n) is 6.82. The van der Waals surface area contributed by atoms with Crippen molar-refractivity contribution in [2.75, 3.05) is 20.7 Å². The predicted octanol–water partition coefficient (Wildman–Crippen LogP) is 5.10. The molecule has 0 bridgehead atoms. The highest BCUT2D eigenvalue weighted by Crippen LogP contribution is 2.47. The van der Waals surface area contributed by atoms with Crippen LogP contribution < -0.4 is 4.74 Å². The molecule has 0 N–H and O–H groups in total. The normalized spacial score (nSPS) is 21.1. The third kappa shape index (κ3) is 2.52. The first-order chi connectivity index (χ1) is 12.0. The van der Waals surface area contributed by atoms with Gasteiger partial charge in [-0.15, -0.1) is 0 Å². The first-order valence-corrected chi connectivity index (χ1v) is 8.85. The summed E-state index contributed by atoms with van der Waals surface area (Å²) < 4.78 is 11.5. The summed E-state index contributed by atoms with van der Waals surface area (Å²) in [7, 11) is 3.73. The van der Waals surface area contributed by atoms with Crippen molar-refractivity contribution in [1.29, 1.82) is 0 Å². The van der Waals surface area contributed by atoms with Crippen molar-refractivity contribution in [2.24, 2.45) is 0 Å². The third-order valence-electron chi connectivity index (χ3n) is 5.43. The van der Waals surface area contributed by atoms with Crippen molar-refractivity contribution in [1.82, 2.24) is 9.88 Å². The van der Waals surface area contributed by atoms with Crippen LogP contribution in [0.25, 0.3) is 22.3 Å². The van der Waals surface area contributed by atoms with Gasteiger partial charge in [0.25, 0.3) is 0 Å². The molecular formula is C20H21ClN2O2. The Hall–Kier alpha value is -2.04. The summed E-state index contributed by atoms with van der Waals surface area (Å²) in [6, 6.07) is 10.0. The second kappa shape index (κ2) is 6.04. The predicted molar refractivity (Wildman–Crippen MR) is 100 cm³/mol. The van der Waals surface area contributed by atoms with E-state index < -0.39 is 0 Å². The second-order valence-corrected chi connectivity index (χ2v) is 7.20. The Labute approximate surface area is 152 Å². The number of hydrogen-bond donors (Lipinski definition) is 0. The lowest BCUT2D eigenvalue weighted by molar-refractivity contribution is 0.197. The van der Waals surface area contributed by atoms with Crippen LogP contribution in [0.3, 0.4) is 0 Å². The van der Waals surface area contributed by atoms with E-state index in [4.69, 9.17) is 20.8 Å². The van der Waals surface area contributed by atoms with Crippen LogP contribution in [0.15, 0.2) is 40.9 Å². The summed E-state index contributed by atoms with van der Waals surface area (Å²) in [5, 5.41) is 1.56. The number of benzene rings is 1. The maximum absolute atomic E-state index is 6.70.